The molecule has 0 aliphatic carbocycles. The zero-order valence-electron chi connectivity index (χ0n) is 9.27. The van der Waals surface area contributed by atoms with Crippen molar-refractivity contribution in [2.24, 2.45) is 0 Å². The SMILES string of the molecule is CC(C)(C(=O)CCS(C)(=O)=O)S(C)(=O)=O. The van der Waals surface area contributed by atoms with Crippen LogP contribution in [0.3, 0.4) is 0 Å². The minimum absolute atomic E-state index is 0.265. The number of rotatable bonds is 5. The van der Waals surface area contributed by atoms with Gasteiger partial charge in [-0.3, -0.25) is 4.79 Å². The number of hydrogen-bond donors (Lipinski definition) is 0. The highest BCUT2D eigenvalue weighted by Gasteiger charge is 2.37. The Morgan fingerprint density at radius 2 is 1.47 bits per heavy atom. The van der Waals surface area contributed by atoms with E-state index < -0.39 is 30.2 Å². The van der Waals surface area contributed by atoms with Crippen molar-refractivity contribution in [3.05, 3.63) is 0 Å². The van der Waals surface area contributed by atoms with Crippen LogP contribution in [0.4, 0.5) is 0 Å². The van der Waals surface area contributed by atoms with Crippen molar-refractivity contribution in [3.8, 4) is 0 Å². The molecule has 0 saturated carbocycles. The Morgan fingerprint density at radius 1 is 1.07 bits per heavy atom. The Balaban J connectivity index is 4.76. The first-order chi connectivity index (χ1) is 6.38. The van der Waals surface area contributed by atoms with Crippen LogP contribution in [0.2, 0.25) is 0 Å². The van der Waals surface area contributed by atoms with Crippen LogP contribution in [-0.4, -0.2) is 45.6 Å². The molecule has 0 radical (unpaired) electrons. The van der Waals surface area contributed by atoms with Gasteiger partial charge in [0.2, 0.25) is 0 Å². The van der Waals surface area contributed by atoms with Crippen LogP contribution in [0.1, 0.15) is 20.3 Å². The lowest BCUT2D eigenvalue weighted by Crippen LogP contribution is -2.40. The van der Waals surface area contributed by atoms with E-state index in [-0.39, 0.29) is 12.2 Å². The maximum Gasteiger partial charge on any atom is 0.159 e. The van der Waals surface area contributed by atoms with Crippen molar-refractivity contribution in [3.63, 3.8) is 0 Å². The van der Waals surface area contributed by atoms with E-state index in [1.165, 1.54) is 13.8 Å². The maximum atomic E-state index is 11.5. The van der Waals surface area contributed by atoms with Crippen molar-refractivity contribution in [2.75, 3.05) is 18.3 Å². The van der Waals surface area contributed by atoms with E-state index in [4.69, 9.17) is 0 Å². The summed E-state index contributed by atoms with van der Waals surface area (Å²) in [5.74, 6) is -0.888. The number of carbonyl (C=O) groups is 1. The lowest BCUT2D eigenvalue weighted by molar-refractivity contribution is -0.120. The summed E-state index contributed by atoms with van der Waals surface area (Å²) in [6.07, 6.45) is 1.71. The van der Waals surface area contributed by atoms with E-state index in [1.807, 2.05) is 0 Å². The van der Waals surface area contributed by atoms with Crippen molar-refractivity contribution < 1.29 is 21.6 Å². The fourth-order valence-electron chi connectivity index (χ4n) is 0.786. The molecule has 0 aromatic heterocycles. The summed E-state index contributed by atoms with van der Waals surface area (Å²) in [7, 11) is -6.75. The van der Waals surface area contributed by atoms with Crippen molar-refractivity contribution >= 4 is 25.5 Å². The second kappa shape index (κ2) is 4.21. The topological polar surface area (TPSA) is 85.3 Å². The summed E-state index contributed by atoms with van der Waals surface area (Å²) in [6.45, 7) is 2.57. The van der Waals surface area contributed by atoms with Gasteiger partial charge in [0, 0.05) is 18.9 Å². The molecule has 0 atom stereocenters. The van der Waals surface area contributed by atoms with Gasteiger partial charge in [0.25, 0.3) is 0 Å². The molecule has 0 aliphatic heterocycles. The molecule has 15 heavy (non-hydrogen) atoms. The molecule has 0 aliphatic rings. The number of hydrogen-bond acceptors (Lipinski definition) is 5. The third-order valence-electron chi connectivity index (χ3n) is 2.30. The fraction of sp³-hybridized carbons (Fsp3) is 0.875. The third-order valence-corrected chi connectivity index (χ3v) is 5.33. The van der Waals surface area contributed by atoms with E-state index in [9.17, 15) is 21.6 Å². The van der Waals surface area contributed by atoms with E-state index in [2.05, 4.69) is 0 Å². The lowest BCUT2D eigenvalue weighted by atomic mass is 10.1. The quantitative estimate of drug-likeness (QED) is 0.681. The van der Waals surface area contributed by atoms with Crippen LogP contribution >= 0.6 is 0 Å². The van der Waals surface area contributed by atoms with Crippen molar-refractivity contribution in [1.29, 1.82) is 0 Å². The molecule has 0 fully saturated rings. The van der Waals surface area contributed by atoms with Gasteiger partial charge < -0.3 is 0 Å². The molecule has 5 nitrogen and oxygen atoms in total. The molecule has 0 bridgehead atoms. The summed E-state index contributed by atoms with van der Waals surface area (Å²) in [6, 6.07) is 0. The van der Waals surface area contributed by atoms with E-state index in [0.717, 1.165) is 12.5 Å². The van der Waals surface area contributed by atoms with Gasteiger partial charge in [0.05, 0.1) is 5.75 Å². The van der Waals surface area contributed by atoms with Crippen LogP contribution < -0.4 is 0 Å². The van der Waals surface area contributed by atoms with E-state index in [1.54, 1.807) is 0 Å². The normalized spacial score (nSPS) is 13.9. The van der Waals surface area contributed by atoms with Crippen LogP contribution in [0.25, 0.3) is 0 Å². The van der Waals surface area contributed by atoms with Gasteiger partial charge in [-0.2, -0.15) is 0 Å². The van der Waals surface area contributed by atoms with Gasteiger partial charge in [0.15, 0.2) is 15.6 Å². The van der Waals surface area contributed by atoms with Crippen LogP contribution in [0.5, 0.6) is 0 Å². The molecule has 0 unspecified atom stereocenters. The van der Waals surface area contributed by atoms with Crippen molar-refractivity contribution in [2.45, 2.75) is 25.0 Å². The Bertz CT molecular complexity index is 441. The molecule has 0 N–H and O–H groups in total. The zero-order chi connectivity index (χ0) is 12.5. The average molecular weight is 256 g/mol. The van der Waals surface area contributed by atoms with Crippen LogP contribution in [0.15, 0.2) is 0 Å². The summed E-state index contributed by atoms with van der Waals surface area (Å²) in [5, 5.41) is 0. The molecule has 7 heteroatoms. The fourth-order valence-corrected chi connectivity index (χ4v) is 1.86. The molecule has 0 amide bonds. The number of Topliss-reactive ketones (excluding diaryl/α,β-unsaturated/α-hetero) is 1. The summed E-state index contributed by atoms with van der Waals surface area (Å²) < 4.78 is 42.6. The second-order valence-corrected chi connectivity index (χ2v) is 8.91. The Hall–Kier alpha value is -0.430. The summed E-state index contributed by atoms with van der Waals surface area (Å²) in [5.41, 5.74) is 0. The largest absolute Gasteiger partial charge is 0.298 e. The first kappa shape index (κ1) is 14.6. The Labute approximate surface area is 90.7 Å². The number of ketones is 1. The van der Waals surface area contributed by atoms with Gasteiger partial charge in [-0.1, -0.05) is 0 Å². The average Bonchev–Trinajstić information content (AvgIpc) is 1.96. The number of sulfone groups is 2. The highest BCUT2D eigenvalue weighted by atomic mass is 32.2. The minimum atomic E-state index is -3.51. The highest BCUT2D eigenvalue weighted by Crippen LogP contribution is 2.18. The van der Waals surface area contributed by atoms with Crippen LogP contribution in [-0.2, 0) is 24.5 Å². The highest BCUT2D eigenvalue weighted by molar-refractivity contribution is 7.93. The molecule has 0 rings (SSSR count). The van der Waals surface area contributed by atoms with E-state index in [0.29, 0.717) is 0 Å². The molecule has 90 valence electrons. The van der Waals surface area contributed by atoms with Gasteiger partial charge in [-0.05, 0) is 13.8 Å². The molecule has 0 saturated heterocycles. The minimum Gasteiger partial charge on any atom is -0.298 e. The van der Waals surface area contributed by atoms with Gasteiger partial charge in [-0.15, -0.1) is 0 Å². The maximum absolute atomic E-state index is 11.5. The van der Waals surface area contributed by atoms with Gasteiger partial charge in [0.1, 0.15) is 14.6 Å². The van der Waals surface area contributed by atoms with Crippen LogP contribution in [0, 0.1) is 0 Å². The molecular weight excluding hydrogens is 240 g/mol. The Kier molecular flexibility index (Phi) is 4.09. The first-order valence-corrected chi connectivity index (χ1v) is 8.24. The monoisotopic (exact) mass is 256 g/mol. The molecule has 0 aromatic carbocycles. The van der Waals surface area contributed by atoms with Crippen molar-refractivity contribution in [1.82, 2.24) is 0 Å². The molecule has 0 aromatic rings. The van der Waals surface area contributed by atoms with Gasteiger partial charge >= 0.3 is 0 Å². The third kappa shape index (κ3) is 4.29. The van der Waals surface area contributed by atoms with E-state index >= 15 is 0 Å². The van der Waals surface area contributed by atoms with Gasteiger partial charge in [-0.25, -0.2) is 16.8 Å². The summed E-state index contributed by atoms with van der Waals surface area (Å²) in [4.78, 5) is 11.5. The molecular formula is C8H16O5S2. The zero-order valence-corrected chi connectivity index (χ0v) is 10.9. The summed E-state index contributed by atoms with van der Waals surface area (Å²) >= 11 is 0. The first-order valence-electron chi connectivity index (χ1n) is 4.28. The molecule has 0 spiro atoms. The Morgan fingerprint density at radius 3 is 1.73 bits per heavy atom. The predicted molar refractivity (Wildman–Crippen MR) is 58.3 cm³/mol. The smallest absolute Gasteiger partial charge is 0.159 e. The molecule has 0 heterocycles. The standard InChI is InChI=1S/C8H16O5S2/c1-8(2,15(4,12)13)7(9)5-6-14(3,10)11/h5-6H2,1-4H3. The second-order valence-electron chi connectivity index (χ2n) is 4.09. The number of carbonyl (C=O) groups excluding carboxylic acids is 1. The predicted octanol–water partition coefficient (Wildman–Crippen LogP) is -0.187. The lowest BCUT2D eigenvalue weighted by Gasteiger charge is -2.20.